The molecule has 0 aromatic heterocycles. The number of nitrogens with two attached hydrogens (primary N) is 1. The Bertz CT molecular complexity index is 642. The van der Waals surface area contributed by atoms with E-state index in [0.717, 1.165) is 24.3 Å². The van der Waals surface area contributed by atoms with Crippen molar-refractivity contribution in [2.24, 2.45) is 0 Å². The molecular formula is C16H17FN2O. The Labute approximate surface area is 117 Å². The summed E-state index contributed by atoms with van der Waals surface area (Å²) in [5.74, 6) is 0.305. The average molecular weight is 272 g/mol. The number of methoxy groups -OCH3 is 1. The molecule has 0 bridgehead atoms. The zero-order valence-corrected chi connectivity index (χ0v) is 11.4. The van der Waals surface area contributed by atoms with Crippen LogP contribution in [0.15, 0.2) is 36.4 Å². The highest BCUT2D eigenvalue weighted by Gasteiger charge is 2.21. The van der Waals surface area contributed by atoms with Gasteiger partial charge in [0, 0.05) is 41.7 Å². The first-order valence-corrected chi connectivity index (χ1v) is 6.64. The van der Waals surface area contributed by atoms with Gasteiger partial charge in [0.25, 0.3) is 0 Å². The number of nitrogens with zero attached hydrogens (tertiary/aromatic N) is 1. The Hall–Kier alpha value is -2.23. The SMILES string of the molecule is COc1ccc(CN2CCc3c(N)cccc32)c(F)c1. The van der Waals surface area contributed by atoms with Crippen LogP contribution in [0.25, 0.3) is 0 Å². The molecule has 1 aliphatic heterocycles. The fourth-order valence-corrected chi connectivity index (χ4v) is 2.68. The van der Waals surface area contributed by atoms with Gasteiger partial charge in [0.15, 0.2) is 0 Å². The molecule has 1 aliphatic rings. The molecule has 104 valence electrons. The maximum atomic E-state index is 14.0. The van der Waals surface area contributed by atoms with Crippen molar-refractivity contribution in [3.8, 4) is 5.75 Å². The van der Waals surface area contributed by atoms with E-state index in [0.29, 0.717) is 17.9 Å². The summed E-state index contributed by atoms with van der Waals surface area (Å²) in [6, 6.07) is 10.9. The first-order valence-electron chi connectivity index (χ1n) is 6.64. The molecule has 0 saturated heterocycles. The lowest BCUT2D eigenvalue weighted by atomic mass is 10.1. The number of benzene rings is 2. The van der Waals surface area contributed by atoms with E-state index in [2.05, 4.69) is 4.90 Å². The van der Waals surface area contributed by atoms with Crippen LogP contribution in [0.1, 0.15) is 11.1 Å². The molecule has 20 heavy (non-hydrogen) atoms. The summed E-state index contributed by atoms with van der Waals surface area (Å²) in [6.07, 6.45) is 0.916. The van der Waals surface area contributed by atoms with Crippen LogP contribution in [0.5, 0.6) is 5.75 Å². The molecule has 0 spiro atoms. The predicted molar refractivity (Wildman–Crippen MR) is 78.6 cm³/mol. The van der Waals surface area contributed by atoms with Crippen molar-refractivity contribution in [2.45, 2.75) is 13.0 Å². The van der Waals surface area contributed by atoms with Gasteiger partial charge in [-0.05, 0) is 24.6 Å². The van der Waals surface area contributed by atoms with Crippen molar-refractivity contribution in [3.63, 3.8) is 0 Å². The van der Waals surface area contributed by atoms with E-state index < -0.39 is 0 Å². The van der Waals surface area contributed by atoms with Crippen molar-refractivity contribution >= 4 is 11.4 Å². The minimum absolute atomic E-state index is 0.235. The molecule has 2 aromatic carbocycles. The Morgan fingerprint density at radius 3 is 2.90 bits per heavy atom. The molecule has 0 saturated carbocycles. The molecule has 0 unspecified atom stereocenters. The second-order valence-corrected chi connectivity index (χ2v) is 4.97. The minimum Gasteiger partial charge on any atom is -0.497 e. The van der Waals surface area contributed by atoms with Gasteiger partial charge in [-0.15, -0.1) is 0 Å². The summed E-state index contributed by atoms with van der Waals surface area (Å²) in [5.41, 5.74) is 9.74. The maximum Gasteiger partial charge on any atom is 0.131 e. The molecule has 0 amide bonds. The van der Waals surface area contributed by atoms with Gasteiger partial charge in [-0.1, -0.05) is 12.1 Å². The van der Waals surface area contributed by atoms with E-state index in [1.165, 1.54) is 18.7 Å². The lowest BCUT2D eigenvalue weighted by Gasteiger charge is -2.20. The van der Waals surface area contributed by atoms with Crippen LogP contribution < -0.4 is 15.4 Å². The van der Waals surface area contributed by atoms with Gasteiger partial charge in [-0.25, -0.2) is 4.39 Å². The van der Waals surface area contributed by atoms with Crippen molar-refractivity contribution in [3.05, 3.63) is 53.3 Å². The number of halogens is 1. The van der Waals surface area contributed by atoms with E-state index in [4.69, 9.17) is 10.5 Å². The third kappa shape index (κ3) is 2.18. The molecule has 0 fully saturated rings. The Morgan fingerprint density at radius 2 is 2.15 bits per heavy atom. The van der Waals surface area contributed by atoms with Crippen LogP contribution in [0.2, 0.25) is 0 Å². The zero-order valence-electron chi connectivity index (χ0n) is 11.4. The highest BCUT2D eigenvalue weighted by Crippen LogP contribution is 2.33. The van der Waals surface area contributed by atoms with Crippen LogP contribution in [0, 0.1) is 5.82 Å². The van der Waals surface area contributed by atoms with Gasteiger partial charge in [-0.2, -0.15) is 0 Å². The fourth-order valence-electron chi connectivity index (χ4n) is 2.68. The second kappa shape index (κ2) is 5.04. The number of anilines is 2. The molecule has 0 radical (unpaired) electrons. The van der Waals surface area contributed by atoms with Crippen molar-refractivity contribution in [1.82, 2.24) is 0 Å². The van der Waals surface area contributed by atoms with Crippen LogP contribution in [-0.4, -0.2) is 13.7 Å². The standard InChI is InChI=1S/C16H17FN2O/c1-20-12-6-5-11(14(17)9-12)10-19-8-7-13-15(18)3-2-4-16(13)19/h2-6,9H,7-8,10,18H2,1H3. The van der Waals surface area contributed by atoms with Crippen LogP contribution in [-0.2, 0) is 13.0 Å². The highest BCUT2D eigenvalue weighted by molar-refractivity contribution is 5.68. The summed E-state index contributed by atoms with van der Waals surface area (Å²) in [5, 5.41) is 0. The first kappa shape index (κ1) is 12.8. The Balaban J connectivity index is 1.86. The van der Waals surface area contributed by atoms with Gasteiger partial charge < -0.3 is 15.4 Å². The van der Waals surface area contributed by atoms with Crippen LogP contribution in [0.4, 0.5) is 15.8 Å². The van der Waals surface area contributed by atoms with Crippen molar-refractivity contribution in [1.29, 1.82) is 0 Å². The smallest absolute Gasteiger partial charge is 0.131 e. The lowest BCUT2D eigenvalue weighted by Crippen LogP contribution is -2.20. The third-order valence-electron chi connectivity index (χ3n) is 3.78. The molecule has 2 aromatic rings. The van der Waals surface area contributed by atoms with Gasteiger partial charge in [0.05, 0.1) is 7.11 Å². The predicted octanol–water partition coefficient (Wildman–Crippen LogP) is 2.98. The monoisotopic (exact) mass is 272 g/mol. The summed E-state index contributed by atoms with van der Waals surface area (Å²) in [7, 11) is 1.54. The van der Waals surface area contributed by atoms with E-state index in [1.807, 2.05) is 18.2 Å². The van der Waals surface area contributed by atoms with Gasteiger partial charge in [-0.3, -0.25) is 0 Å². The van der Waals surface area contributed by atoms with Gasteiger partial charge in [0.1, 0.15) is 11.6 Å². The summed E-state index contributed by atoms with van der Waals surface area (Å²) in [4.78, 5) is 2.16. The third-order valence-corrected chi connectivity index (χ3v) is 3.78. The van der Waals surface area contributed by atoms with Crippen molar-refractivity contribution < 1.29 is 9.13 Å². The number of fused-ring (bicyclic) bond motifs is 1. The summed E-state index contributed by atoms with van der Waals surface area (Å²) >= 11 is 0. The maximum absolute atomic E-state index is 14.0. The van der Waals surface area contributed by atoms with E-state index in [-0.39, 0.29) is 5.82 Å². The summed E-state index contributed by atoms with van der Waals surface area (Å²) < 4.78 is 19.0. The number of hydrogen-bond donors (Lipinski definition) is 1. The van der Waals surface area contributed by atoms with Gasteiger partial charge >= 0.3 is 0 Å². The quantitative estimate of drug-likeness (QED) is 0.873. The summed E-state index contributed by atoms with van der Waals surface area (Å²) in [6.45, 7) is 1.42. The number of ether oxygens (including phenoxy) is 1. The Kier molecular flexibility index (Phi) is 3.22. The minimum atomic E-state index is -0.235. The second-order valence-electron chi connectivity index (χ2n) is 4.97. The molecule has 2 N–H and O–H groups in total. The van der Waals surface area contributed by atoms with Crippen LogP contribution >= 0.6 is 0 Å². The first-order chi connectivity index (χ1) is 9.69. The van der Waals surface area contributed by atoms with E-state index in [1.54, 1.807) is 12.1 Å². The molecule has 1 heterocycles. The average Bonchev–Trinajstić information content (AvgIpc) is 2.86. The molecule has 3 nitrogen and oxygen atoms in total. The fraction of sp³-hybridized carbons (Fsp3) is 0.250. The molecule has 4 heteroatoms. The molecule has 0 atom stereocenters. The van der Waals surface area contributed by atoms with Crippen molar-refractivity contribution in [2.75, 3.05) is 24.3 Å². The highest BCUT2D eigenvalue weighted by atomic mass is 19.1. The molecule has 3 rings (SSSR count). The Morgan fingerprint density at radius 1 is 1.30 bits per heavy atom. The van der Waals surface area contributed by atoms with Gasteiger partial charge in [0.2, 0.25) is 0 Å². The number of hydrogen-bond acceptors (Lipinski definition) is 3. The molecular weight excluding hydrogens is 255 g/mol. The largest absolute Gasteiger partial charge is 0.497 e. The van der Waals surface area contributed by atoms with E-state index >= 15 is 0 Å². The van der Waals surface area contributed by atoms with E-state index in [9.17, 15) is 4.39 Å². The topological polar surface area (TPSA) is 38.5 Å². The molecule has 0 aliphatic carbocycles. The van der Waals surface area contributed by atoms with Crippen LogP contribution in [0.3, 0.4) is 0 Å². The lowest BCUT2D eigenvalue weighted by molar-refractivity contribution is 0.410. The normalized spacial score (nSPS) is 13.4. The zero-order chi connectivity index (χ0) is 14.1. The number of rotatable bonds is 3. The number of nitrogen functional groups attached to an aromatic ring is 1.